The summed E-state index contributed by atoms with van der Waals surface area (Å²) in [6.45, 7) is 2.37. The Morgan fingerprint density at radius 3 is 2.91 bits per heavy atom. The Bertz CT molecular complexity index is 671. The fourth-order valence-electron chi connectivity index (χ4n) is 3.25. The number of pyridine rings is 1. The van der Waals surface area contributed by atoms with Crippen molar-refractivity contribution >= 4 is 17.1 Å². The van der Waals surface area contributed by atoms with Crippen molar-refractivity contribution in [2.75, 3.05) is 19.6 Å². The van der Waals surface area contributed by atoms with Crippen LogP contribution < -0.4 is 10.9 Å². The molecular weight excluding hydrogens is 282 g/mol. The highest BCUT2D eigenvalue weighted by Crippen LogP contribution is 2.25. The highest BCUT2D eigenvalue weighted by atomic mass is 16.2. The number of carbonyl (C=O) groups is 1. The van der Waals surface area contributed by atoms with Gasteiger partial charge in [-0.1, -0.05) is 5.21 Å². The van der Waals surface area contributed by atoms with Crippen LogP contribution in [0.1, 0.15) is 25.3 Å². The molecule has 22 heavy (non-hydrogen) atoms. The number of piperidine rings is 1. The van der Waals surface area contributed by atoms with E-state index in [1.807, 2.05) is 21.7 Å². The summed E-state index contributed by atoms with van der Waals surface area (Å²) in [6, 6.07) is 3.97. The van der Waals surface area contributed by atoms with Gasteiger partial charge in [-0.15, -0.1) is 5.10 Å². The summed E-state index contributed by atoms with van der Waals surface area (Å²) >= 11 is 0. The molecule has 2 aromatic heterocycles. The van der Waals surface area contributed by atoms with Crippen LogP contribution in [0.25, 0.3) is 11.2 Å². The fourth-order valence-corrected chi connectivity index (χ4v) is 3.25. The molecule has 2 aliphatic heterocycles. The molecular formula is C14H19N7O. The molecule has 4 rings (SSSR count). The number of amides is 1. The number of aromatic nitrogens is 4. The molecule has 1 amide bonds. The van der Waals surface area contributed by atoms with Crippen molar-refractivity contribution in [3.05, 3.63) is 18.3 Å². The zero-order valence-electron chi connectivity index (χ0n) is 12.3. The maximum absolute atomic E-state index is 12.4. The Hall–Kier alpha value is -2.06. The van der Waals surface area contributed by atoms with Gasteiger partial charge < -0.3 is 4.90 Å². The molecule has 1 atom stereocenters. The van der Waals surface area contributed by atoms with Crippen LogP contribution in [-0.2, 0) is 4.79 Å². The minimum atomic E-state index is -0.0783. The van der Waals surface area contributed by atoms with Crippen LogP contribution in [0.15, 0.2) is 18.3 Å². The van der Waals surface area contributed by atoms with E-state index >= 15 is 0 Å². The van der Waals surface area contributed by atoms with E-state index in [1.54, 1.807) is 6.20 Å². The van der Waals surface area contributed by atoms with Gasteiger partial charge in [0.2, 0.25) is 5.91 Å². The van der Waals surface area contributed by atoms with Crippen LogP contribution >= 0.6 is 0 Å². The first-order chi connectivity index (χ1) is 10.8. The van der Waals surface area contributed by atoms with E-state index in [0.29, 0.717) is 0 Å². The molecule has 0 radical (unpaired) electrons. The predicted octanol–water partition coefficient (Wildman–Crippen LogP) is -0.144. The molecule has 8 nitrogen and oxygen atoms in total. The van der Waals surface area contributed by atoms with Crippen molar-refractivity contribution in [3.63, 3.8) is 0 Å². The van der Waals surface area contributed by atoms with E-state index in [9.17, 15) is 4.79 Å². The number of hydrogen-bond acceptors (Lipinski definition) is 6. The standard InChI is InChI=1S/C14H19N7O/c22-14(12-3-7-16-17-12)20-8-4-10(5-9-20)21-13-11(18-19-21)2-1-6-15-13/h1-2,6,10,12,16-17H,3-5,7-9H2. The monoisotopic (exact) mass is 301 g/mol. The molecule has 116 valence electrons. The molecule has 2 fully saturated rings. The number of hydrazine groups is 1. The number of nitrogens with zero attached hydrogens (tertiary/aromatic N) is 5. The summed E-state index contributed by atoms with van der Waals surface area (Å²) in [5.74, 6) is 0.199. The normalized spacial score (nSPS) is 23.3. The van der Waals surface area contributed by atoms with Gasteiger partial charge in [0, 0.05) is 25.8 Å². The second-order valence-electron chi connectivity index (χ2n) is 5.85. The first kappa shape index (κ1) is 13.6. The molecule has 2 aromatic rings. The maximum atomic E-state index is 12.4. The summed E-state index contributed by atoms with van der Waals surface area (Å²) in [5, 5.41) is 8.41. The van der Waals surface area contributed by atoms with Crippen molar-refractivity contribution in [1.29, 1.82) is 0 Å². The molecule has 0 bridgehead atoms. The lowest BCUT2D eigenvalue weighted by Gasteiger charge is -2.33. The average molecular weight is 301 g/mol. The van der Waals surface area contributed by atoms with Crippen molar-refractivity contribution < 1.29 is 4.79 Å². The third-order valence-corrected chi connectivity index (χ3v) is 4.49. The average Bonchev–Trinajstić information content (AvgIpc) is 3.24. The van der Waals surface area contributed by atoms with Crippen LogP contribution in [0.5, 0.6) is 0 Å². The molecule has 2 N–H and O–H groups in total. The molecule has 0 saturated carbocycles. The summed E-state index contributed by atoms with van der Waals surface area (Å²) in [6.07, 6.45) is 4.40. The minimum Gasteiger partial charge on any atom is -0.341 e. The van der Waals surface area contributed by atoms with E-state index < -0.39 is 0 Å². The number of hydrogen-bond donors (Lipinski definition) is 2. The third kappa shape index (κ3) is 2.34. The number of carbonyl (C=O) groups excluding carboxylic acids is 1. The minimum absolute atomic E-state index is 0.0783. The first-order valence-corrected chi connectivity index (χ1v) is 7.76. The van der Waals surface area contributed by atoms with Gasteiger partial charge in [0.05, 0.1) is 6.04 Å². The molecule has 0 aromatic carbocycles. The number of fused-ring (bicyclic) bond motifs is 1. The first-order valence-electron chi connectivity index (χ1n) is 7.76. The van der Waals surface area contributed by atoms with E-state index in [0.717, 1.165) is 50.1 Å². The Morgan fingerprint density at radius 2 is 2.14 bits per heavy atom. The predicted molar refractivity (Wildman–Crippen MR) is 79.7 cm³/mol. The Balaban J connectivity index is 1.44. The molecule has 2 aliphatic rings. The van der Waals surface area contributed by atoms with Crippen molar-refractivity contribution in [1.82, 2.24) is 35.7 Å². The van der Waals surface area contributed by atoms with Gasteiger partial charge in [-0.2, -0.15) is 0 Å². The van der Waals surface area contributed by atoms with Gasteiger partial charge in [0.15, 0.2) is 5.65 Å². The summed E-state index contributed by atoms with van der Waals surface area (Å²) in [7, 11) is 0. The summed E-state index contributed by atoms with van der Waals surface area (Å²) in [5.41, 5.74) is 7.70. The van der Waals surface area contributed by atoms with Gasteiger partial charge in [-0.25, -0.2) is 15.1 Å². The van der Waals surface area contributed by atoms with E-state index in [1.165, 1.54) is 0 Å². The van der Waals surface area contributed by atoms with Gasteiger partial charge in [-0.05, 0) is 31.4 Å². The van der Waals surface area contributed by atoms with Crippen molar-refractivity contribution in [2.45, 2.75) is 31.3 Å². The number of likely N-dealkylation sites (tertiary alicyclic amines) is 1. The zero-order chi connectivity index (χ0) is 14.9. The topological polar surface area (TPSA) is 88.0 Å². The lowest BCUT2D eigenvalue weighted by Crippen LogP contribution is -2.48. The van der Waals surface area contributed by atoms with E-state index in [2.05, 4.69) is 26.1 Å². The van der Waals surface area contributed by atoms with Crippen LogP contribution in [0, 0.1) is 0 Å². The van der Waals surface area contributed by atoms with Crippen molar-refractivity contribution in [2.24, 2.45) is 0 Å². The second kappa shape index (κ2) is 5.62. The number of rotatable bonds is 2. The van der Waals surface area contributed by atoms with Gasteiger partial charge in [0.25, 0.3) is 0 Å². The second-order valence-corrected chi connectivity index (χ2v) is 5.85. The molecule has 4 heterocycles. The summed E-state index contributed by atoms with van der Waals surface area (Å²) in [4.78, 5) is 18.7. The molecule has 0 aliphatic carbocycles. The molecule has 0 spiro atoms. The van der Waals surface area contributed by atoms with Gasteiger partial charge in [0.1, 0.15) is 11.6 Å². The third-order valence-electron chi connectivity index (χ3n) is 4.49. The smallest absolute Gasteiger partial charge is 0.241 e. The van der Waals surface area contributed by atoms with Gasteiger partial charge in [-0.3, -0.25) is 10.2 Å². The quantitative estimate of drug-likeness (QED) is 0.802. The van der Waals surface area contributed by atoms with Crippen molar-refractivity contribution in [3.8, 4) is 0 Å². The highest BCUT2D eigenvalue weighted by molar-refractivity contribution is 5.82. The number of nitrogens with one attached hydrogen (secondary N) is 2. The van der Waals surface area contributed by atoms with E-state index in [4.69, 9.17) is 0 Å². The highest BCUT2D eigenvalue weighted by Gasteiger charge is 2.31. The molecule has 2 saturated heterocycles. The Labute approximate surface area is 127 Å². The molecule has 8 heteroatoms. The van der Waals surface area contributed by atoms with Crippen LogP contribution in [0.4, 0.5) is 0 Å². The Kier molecular flexibility index (Phi) is 3.47. The SMILES string of the molecule is O=C(C1CCNN1)N1CCC(n2nnc3cccnc32)CC1. The van der Waals surface area contributed by atoms with Crippen LogP contribution in [-0.4, -0.2) is 56.5 Å². The van der Waals surface area contributed by atoms with Crippen LogP contribution in [0.3, 0.4) is 0 Å². The van der Waals surface area contributed by atoms with Gasteiger partial charge >= 0.3 is 0 Å². The zero-order valence-corrected chi connectivity index (χ0v) is 12.3. The largest absolute Gasteiger partial charge is 0.341 e. The molecule has 1 unspecified atom stereocenters. The summed E-state index contributed by atoms with van der Waals surface area (Å²) < 4.78 is 1.91. The fraction of sp³-hybridized carbons (Fsp3) is 0.571. The van der Waals surface area contributed by atoms with Crippen LogP contribution in [0.2, 0.25) is 0 Å². The van der Waals surface area contributed by atoms with E-state index in [-0.39, 0.29) is 18.0 Å². The Morgan fingerprint density at radius 1 is 1.27 bits per heavy atom. The lowest BCUT2D eigenvalue weighted by molar-refractivity contribution is -0.134. The maximum Gasteiger partial charge on any atom is 0.241 e. The lowest BCUT2D eigenvalue weighted by atomic mass is 10.0.